The van der Waals surface area contributed by atoms with E-state index in [1.165, 1.54) is 0 Å². The standard InChI is InChI=1S/C21H24N4O2/c1-4-15(3)22-20(26)18-17-13-9-10-14-25(17)19(23-18)21(27)24(5-2)16-11-7-6-8-12-16/h6-15H,4-5H2,1-3H3,(H,22,26). The predicted octanol–water partition coefficient (Wildman–Crippen LogP) is 3.53. The summed E-state index contributed by atoms with van der Waals surface area (Å²) in [5.41, 5.74) is 1.68. The SMILES string of the molecule is CCC(C)NC(=O)c1nc(C(=O)N(CC)c2ccccc2)n2ccccc12. The zero-order chi connectivity index (χ0) is 19.4. The summed E-state index contributed by atoms with van der Waals surface area (Å²) >= 11 is 0. The number of amides is 2. The molecule has 1 aromatic carbocycles. The summed E-state index contributed by atoms with van der Waals surface area (Å²) in [4.78, 5) is 32.0. The molecule has 6 nitrogen and oxygen atoms in total. The molecule has 1 N–H and O–H groups in total. The van der Waals surface area contributed by atoms with Crippen LogP contribution in [-0.2, 0) is 0 Å². The third-order valence-electron chi connectivity index (χ3n) is 4.57. The summed E-state index contributed by atoms with van der Waals surface area (Å²) in [5.74, 6) is -0.284. The maximum absolute atomic E-state index is 13.2. The molecule has 0 aliphatic carbocycles. The fourth-order valence-electron chi connectivity index (χ4n) is 2.92. The van der Waals surface area contributed by atoms with E-state index in [2.05, 4.69) is 10.3 Å². The third-order valence-corrected chi connectivity index (χ3v) is 4.57. The highest BCUT2D eigenvalue weighted by atomic mass is 16.2. The van der Waals surface area contributed by atoms with Crippen molar-refractivity contribution < 1.29 is 9.59 Å². The quantitative estimate of drug-likeness (QED) is 0.728. The molecule has 6 heteroatoms. The van der Waals surface area contributed by atoms with Gasteiger partial charge in [-0.2, -0.15) is 0 Å². The molecule has 2 aromatic heterocycles. The second-order valence-electron chi connectivity index (χ2n) is 6.41. The molecule has 0 saturated heterocycles. The summed E-state index contributed by atoms with van der Waals surface area (Å²) in [7, 11) is 0. The molecule has 2 heterocycles. The highest BCUT2D eigenvalue weighted by Gasteiger charge is 2.25. The lowest BCUT2D eigenvalue weighted by Gasteiger charge is -2.20. The Morgan fingerprint density at radius 3 is 2.48 bits per heavy atom. The number of fused-ring (bicyclic) bond motifs is 1. The molecular formula is C21H24N4O2. The topological polar surface area (TPSA) is 66.7 Å². The number of hydrogen-bond donors (Lipinski definition) is 1. The minimum atomic E-state index is -0.269. The highest BCUT2D eigenvalue weighted by molar-refractivity contribution is 6.07. The lowest BCUT2D eigenvalue weighted by Crippen LogP contribution is -2.33. The Morgan fingerprint density at radius 1 is 1.11 bits per heavy atom. The molecule has 0 bridgehead atoms. The van der Waals surface area contributed by atoms with Crippen molar-refractivity contribution >= 4 is 23.0 Å². The first-order valence-electron chi connectivity index (χ1n) is 9.21. The molecule has 0 spiro atoms. The minimum absolute atomic E-state index is 0.0357. The maximum Gasteiger partial charge on any atom is 0.294 e. The molecule has 0 fully saturated rings. The maximum atomic E-state index is 13.2. The van der Waals surface area contributed by atoms with Crippen LogP contribution in [0.2, 0.25) is 0 Å². The smallest absolute Gasteiger partial charge is 0.294 e. The van der Waals surface area contributed by atoms with Gasteiger partial charge in [0.2, 0.25) is 5.82 Å². The molecule has 0 radical (unpaired) electrons. The van der Waals surface area contributed by atoms with Gasteiger partial charge in [-0.25, -0.2) is 4.98 Å². The van der Waals surface area contributed by atoms with Gasteiger partial charge in [0.05, 0.1) is 5.52 Å². The number of anilines is 1. The summed E-state index contributed by atoms with van der Waals surface area (Å²) in [6.45, 7) is 6.36. The van der Waals surface area contributed by atoms with Crippen molar-refractivity contribution in [3.05, 3.63) is 66.2 Å². The molecule has 0 saturated carbocycles. The second-order valence-corrected chi connectivity index (χ2v) is 6.41. The largest absolute Gasteiger partial charge is 0.348 e. The molecule has 1 unspecified atom stereocenters. The van der Waals surface area contributed by atoms with Gasteiger partial charge in [-0.1, -0.05) is 31.2 Å². The van der Waals surface area contributed by atoms with Gasteiger partial charge >= 0.3 is 0 Å². The summed E-state index contributed by atoms with van der Waals surface area (Å²) in [5, 5.41) is 2.93. The number of nitrogens with one attached hydrogen (secondary N) is 1. The zero-order valence-corrected chi connectivity index (χ0v) is 15.8. The second kappa shape index (κ2) is 8.03. The minimum Gasteiger partial charge on any atom is -0.348 e. The van der Waals surface area contributed by atoms with Crippen LogP contribution in [0.1, 0.15) is 48.3 Å². The number of benzene rings is 1. The van der Waals surface area contributed by atoms with Crippen molar-refractivity contribution in [1.82, 2.24) is 14.7 Å². The van der Waals surface area contributed by atoms with Crippen LogP contribution in [-0.4, -0.2) is 33.8 Å². The molecule has 140 valence electrons. The highest BCUT2D eigenvalue weighted by Crippen LogP contribution is 2.19. The lowest BCUT2D eigenvalue weighted by atomic mass is 10.2. The fourth-order valence-corrected chi connectivity index (χ4v) is 2.92. The molecular weight excluding hydrogens is 340 g/mol. The Kier molecular flexibility index (Phi) is 5.54. The van der Waals surface area contributed by atoms with Gasteiger partial charge < -0.3 is 10.2 Å². The van der Waals surface area contributed by atoms with E-state index in [1.807, 2.05) is 63.2 Å². The molecule has 3 aromatic rings. The Balaban J connectivity index is 2.04. The van der Waals surface area contributed by atoms with Crippen LogP contribution in [0.4, 0.5) is 5.69 Å². The first-order valence-corrected chi connectivity index (χ1v) is 9.21. The van der Waals surface area contributed by atoms with Gasteiger partial charge in [-0.15, -0.1) is 0 Å². The van der Waals surface area contributed by atoms with Crippen LogP contribution >= 0.6 is 0 Å². The molecule has 0 aliphatic heterocycles. The normalized spacial score (nSPS) is 12.0. The van der Waals surface area contributed by atoms with Crippen LogP contribution in [0.3, 0.4) is 0 Å². The van der Waals surface area contributed by atoms with Gasteiger partial charge in [0.25, 0.3) is 11.8 Å². The van der Waals surface area contributed by atoms with Crippen molar-refractivity contribution in [2.75, 3.05) is 11.4 Å². The number of pyridine rings is 1. The Hall–Kier alpha value is -3.15. The van der Waals surface area contributed by atoms with E-state index in [1.54, 1.807) is 21.6 Å². The van der Waals surface area contributed by atoms with E-state index in [4.69, 9.17) is 0 Å². The number of aromatic nitrogens is 2. The summed E-state index contributed by atoms with van der Waals surface area (Å²) < 4.78 is 1.68. The number of para-hydroxylation sites is 1. The van der Waals surface area contributed by atoms with Crippen molar-refractivity contribution in [2.24, 2.45) is 0 Å². The van der Waals surface area contributed by atoms with Crippen LogP contribution in [0.25, 0.3) is 5.52 Å². The van der Waals surface area contributed by atoms with Crippen LogP contribution < -0.4 is 10.2 Å². The van der Waals surface area contributed by atoms with Crippen molar-refractivity contribution in [1.29, 1.82) is 0 Å². The number of imidazole rings is 1. The average Bonchev–Trinajstić information content (AvgIpc) is 3.09. The summed E-state index contributed by atoms with van der Waals surface area (Å²) in [6, 6.07) is 14.9. The van der Waals surface area contributed by atoms with Crippen LogP contribution in [0, 0.1) is 0 Å². The Bertz CT molecular complexity index is 949. The number of hydrogen-bond acceptors (Lipinski definition) is 3. The first kappa shape index (κ1) is 18.6. The predicted molar refractivity (Wildman–Crippen MR) is 106 cm³/mol. The van der Waals surface area contributed by atoms with Gasteiger partial charge in [-0.3, -0.25) is 14.0 Å². The van der Waals surface area contributed by atoms with E-state index in [0.29, 0.717) is 12.1 Å². The van der Waals surface area contributed by atoms with Crippen molar-refractivity contribution in [2.45, 2.75) is 33.2 Å². The Morgan fingerprint density at radius 2 is 1.81 bits per heavy atom. The molecule has 0 aliphatic rings. The van der Waals surface area contributed by atoms with Crippen molar-refractivity contribution in [3.8, 4) is 0 Å². The van der Waals surface area contributed by atoms with Crippen LogP contribution in [0.15, 0.2) is 54.7 Å². The van der Waals surface area contributed by atoms with Gasteiger partial charge in [0, 0.05) is 24.5 Å². The lowest BCUT2D eigenvalue weighted by molar-refractivity contribution is 0.0936. The first-order chi connectivity index (χ1) is 13.1. The summed E-state index contributed by atoms with van der Waals surface area (Å²) in [6.07, 6.45) is 2.58. The van der Waals surface area contributed by atoms with Crippen molar-refractivity contribution in [3.63, 3.8) is 0 Å². The van der Waals surface area contributed by atoms with Gasteiger partial charge in [0.15, 0.2) is 5.69 Å². The third kappa shape index (κ3) is 3.69. The zero-order valence-electron chi connectivity index (χ0n) is 15.8. The van der Waals surface area contributed by atoms with E-state index in [-0.39, 0.29) is 29.4 Å². The molecule has 1 atom stereocenters. The number of carbonyl (C=O) groups is 2. The van der Waals surface area contributed by atoms with E-state index >= 15 is 0 Å². The van der Waals surface area contributed by atoms with Crippen LogP contribution in [0.5, 0.6) is 0 Å². The van der Waals surface area contributed by atoms with Gasteiger partial charge in [0.1, 0.15) is 0 Å². The van der Waals surface area contributed by atoms with E-state index < -0.39 is 0 Å². The monoisotopic (exact) mass is 364 g/mol. The average molecular weight is 364 g/mol. The number of nitrogens with zero attached hydrogens (tertiary/aromatic N) is 3. The number of carbonyl (C=O) groups excluding carboxylic acids is 2. The Labute approximate surface area is 158 Å². The van der Waals surface area contributed by atoms with E-state index in [0.717, 1.165) is 12.1 Å². The number of rotatable bonds is 6. The van der Waals surface area contributed by atoms with E-state index in [9.17, 15) is 9.59 Å². The van der Waals surface area contributed by atoms with Gasteiger partial charge in [-0.05, 0) is 44.5 Å². The molecule has 2 amide bonds. The molecule has 27 heavy (non-hydrogen) atoms. The molecule has 3 rings (SSSR count). The fraction of sp³-hybridized carbons (Fsp3) is 0.286.